The van der Waals surface area contributed by atoms with Crippen LogP contribution in [0.15, 0.2) is 23.2 Å². The average Bonchev–Trinajstić information content (AvgIpc) is 3.06. The largest absolute Gasteiger partial charge is 0.497 e. The molecule has 160 valence electrons. The van der Waals surface area contributed by atoms with Gasteiger partial charge in [0.25, 0.3) is 0 Å². The normalized spacial score (nSPS) is 17.8. The van der Waals surface area contributed by atoms with Gasteiger partial charge < -0.3 is 20.1 Å². The molecule has 2 N–H and O–H groups in total. The maximum absolute atomic E-state index is 5.38. The van der Waals surface area contributed by atoms with Crippen molar-refractivity contribution < 1.29 is 9.47 Å². The minimum Gasteiger partial charge on any atom is -0.497 e. The summed E-state index contributed by atoms with van der Waals surface area (Å²) in [4.78, 5) is 6.82. The first-order chi connectivity index (χ1) is 12.8. The van der Waals surface area contributed by atoms with E-state index in [-0.39, 0.29) is 24.0 Å². The van der Waals surface area contributed by atoms with Crippen LogP contribution in [0, 0.1) is 5.41 Å². The lowest BCUT2D eigenvalue weighted by atomic mass is 9.92. The van der Waals surface area contributed by atoms with Gasteiger partial charge in [0.2, 0.25) is 0 Å². The summed E-state index contributed by atoms with van der Waals surface area (Å²) in [7, 11) is 5.21. The Bertz CT molecular complexity index is 609. The monoisotopic (exact) mass is 504 g/mol. The highest BCUT2D eigenvalue weighted by molar-refractivity contribution is 14.0. The van der Waals surface area contributed by atoms with Gasteiger partial charge in [-0.3, -0.25) is 9.89 Å². The average molecular weight is 504 g/mol. The molecular formula is C21H37IN4O2. The van der Waals surface area contributed by atoms with Crippen LogP contribution < -0.4 is 20.1 Å². The lowest BCUT2D eigenvalue weighted by Gasteiger charge is -2.22. The molecule has 1 aliphatic rings. The summed E-state index contributed by atoms with van der Waals surface area (Å²) in [5.74, 6) is 2.57. The number of aliphatic imine (C=N–C) groups is 1. The third-order valence-corrected chi connectivity index (χ3v) is 4.82. The number of guanidine groups is 1. The lowest BCUT2D eigenvalue weighted by molar-refractivity contribution is 0.321. The minimum atomic E-state index is 0. The highest BCUT2D eigenvalue weighted by Crippen LogP contribution is 2.24. The first-order valence-corrected chi connectivity index (χ1v) is 9.74. The molecule has 1 heterocycles. The van der Waals surface area contributed by atoms with Gasteiger partial charge >= 0.3 is 0 Å². The van der Waals surface area contributed by atoms with E-state index in [1.54, 1.807) is 14.2 Å². The number of ether oxygens (including phenoxy) is 2. The van der Waals surface area contributed by atoms with E-state index in [0.29, 0.717) is 11.5 Å². The van der Waals surface area contributed by atoms with Gasteiger partial charge in [-0.1, -0.05) is 20.8 Å². The van der Waals surface area contributed by atoms with Gasteiger partial charge in [-0.2, -0.15) is 0 Å². The Morgan fingerprint density at radius 1 is 1.18 bits per heavy atom. The van der Waals surface area contributed by atoms with E-state index >= 15 is 0 Å². The molecule has 0 amide bonds. The van der Waals surface area contributed by atoms with E-state index in [0.717, 1.165) is 56.5 Å². The maximum Gasteiger partial charge on any atom is 0.191 e. The van der Waals surface area contributed by atoms with Crippen LogP contribution in [-0.2, 0) is 6.54 Å². The molecule has 0 spiro atoms. The van der Waals surface area contributed by atoms with Gasteiger partial charge in [0.1, 0.15) is 11.5 Å². The molecule has 1 unspecified atom stereocenters. The molecule has 0 saturated carbocycles. The van der Waals surface area contributed by atoms with Crippen LogP contribution in [-0.4, -0.2) is 57.8 Å². The Labute approximate surface area is 187 Å². The number of halogens is 1. The fraction of sp³-hybridized carbons (Fsp3) is 0.667. The van der Waals surface area contributed by atoms with Gasteiger partial charge in [-0.05, 0) is 36.0 Å². The standard InChI is InChI=1S/C21H36N4O2.HI/c1-21(2,3)8-9-23-20(22-4)24-17-7-10-25(15-17)14-16-11-18(26-5)13-19(12-16)27-6;/h11-13,17H,7-10,14-15H2,1-6H3,(H2,22,23,24);1H. The summed E-state index contributed by atoms with van der Waals surface area (Å²) in [6, 6.07) is 6.48. The number of nitrogens with zero attached hydrogens (tertiary/aromatic N) is 2. The van der Waals surface area contributed by atoms with Crippen molar-refractivity contribution in [3.05, 3.63) is 23.8 Å². The van der Waals surface area contributed by atoms with Crippen molar-refractivity contribution in [2.75, 3.05) is 40.9 Å². The third kappa shape index (κ3) is 8.43. The zero-order valence-corrected chi connectivity index (χ0v) is 20.5. The van der Waals surface area contributed by atoms with Crippen LogP contribution in [0.5, 0.6) is 11.5 Å². The van der Waals surface area contributed by atoms with Crippen LogP contribution in [0.1, 0.15) is 39.2 Å². The van der Waals surface area contributed by atoms with E-state index in [1.807, 2.05) is 13.1 Å². The molecule has 1 aromatic rings. The fourth-order valence-corrected chi connectivity index (χ4v) is 3.25. The zero-order chi connectivity index (χ0) is 19.9. The quantitative estimate of drug-likeness (QED) is 0.338. The number of likely N-dealkylation sites (tertiary alicyclic amines) is 1. The SMILES string of the molecule is CN=C(NCCC(C)(C)C)NC1CCN(Cc2cc(OC)cc(OC)c2)C1.I. The van der Waals surface area contributed by atoms with Crippen LogP contribution >= 0.6 is 24.0 Å². The maximum atomic E-state index is 5.38. The molecule has 7 heteroatoms. The number of methoxy groups -OCH3 is 2. The second-order valence-electron chi connectivity index (χ2n) is 8.40. The summed E-state index contributed by atoms with van der Waals surface area (Å²) < 4.78 is 10.8. The van der Waals surface area contributed by atoms with Crippen molar-refractivity contribution >= 4 is 29.9 Å². The molecule has 1 saturated heterocycles. The predicted octanol–water partition coefficient (Wildman–Crippen LogP) is 3.50. The second kappa shape index (κ2) is 11.7. The van der Waals surface area contributed by atoms with E-state index < -0.39 is 0 Å². The van der Waals surface area contributed by atoms with Crippen molar-refractivity contribution in [2.24, 2.45) is 10.4 Å². The molecule has 1 aliphatic heterocycles. The number of nitrogens with one attached hydrogen (secondary N) is 2. The van der Waals surface area contributed by atoms with Crippen LogP contribution in [0.25, 0.3) is 0 Å². The summed E-state index contributed by atoms with van der Waals surface area (Å²) in [5, 5.41) is 7.00. The van der Waals surface area contributed by atoms with Crippen LogP contribution in [0.3, 0.4) is 0 Å². The van der Waals surface area contributed by atoms with Gasteiger partial charge in [-0.15, -0.1) is 24.0 Å². The topological polar surface area (TPSA) is 58.1 Å². The molecular weight excluding hydrogens is 467 g/mol. The Balaban J connectivity index is 0.00000392. The number of rotatable bonds is 7. The molecule has 6 nitrogen and oxygen atoms in total. The van der Waals surface area contributed by atoms with E-state index in [4.69, 9.17) is 9.47 Å². The summed E-state index contributed by atoms with van der Waals surface area (Å²) in [5.41, 5.74) is 1.54. The predicted molar refractivity (Wildman–Crippen MR) is 127 cm³/mol. The Morgan fingerprint density at radius 3 is 2.36 bits per heavy atom. The molecule has 28 heavy (non-hydrogen) atoms. The minimum absolute atomic E-state index is 0. The summed E-state index contributed by atoms with van der Waals surface area (Å²) in [6.07, 6.45) is 2.23. The Kier molecular flexibility index (Phi) is 10.4. The molecule has 2 rings (SSSR count). The van der Waals surface area contributed by atoms with Crippen molar-refractivity contribution in [3.8, 4) is 11.5 Å². The third-order valence-electron chi connectivity index (χ3n) is 4.82. The molecule has 0 aromatic heterocycles. The fourth-order valence-electron chi connectivity index (χ4n) is 3.25. The van der Waals surface area contributed by atoms with Gasteiger partial charge in [-0.25, -0.2) is 0 Å². The van der Waals surface area contributed by atoms with Crippen molar-refractivity contribution in [1.29, 1.82) is 0 Å². The first kappa shape index (κ1) is 24.8. The number of hydrogen-bond acceptors (Lipinski definition) is 4. The van der Waals surface area contributed by atoms with Crippen LogP contribution in [0.4, 0.5) is 0 Å². The highest BCUT2D eigenvalue weighted by Gasteiger charge is 2.23. The summed E-state index contributed by atoms with van der Waals surface area (Å²) >= 11 is 0. The van der Waals surface area contributed by atoms with E-state index in [2.05, 4.69) is 53.4 Å². The number of hydrogen-bond donors (Lipinski definition) is 2. The molecule has 1 atom stereocenters. The molecule has 0 radical (unpaired) electrons. The van der Waals surface area contributed by atoms with Crippen molar-refractivity contribution in [2.45, 2.75) is 46.2 Å². The molecule has 0 aliphatic carbocycles. The Hall–Kier alpha value is -1.22. The molecule has 0 bridgehead atoms. The zero-order valence-electron chi connectivity index (χ0n) is 18.2. The van der Waals surface area contributed by atoms with Crippen molar-refractivity contribution in [1.82, 2.24) is 15.5 Å². The van der Waals surface area contributed by atoms with Gasteiger partial charge in [0.05, 0.1) is 14.2 Å². The van der Waals surface area contributed by atoms with E-state index in [9.17, 15) is 0 Å². The van der Waals surface area contributed by atoms with E-state index in [1.165, 1.54) is 5.56 Å². The first-order valence-electron chi connectivity index (χ1n) is 9.74. The number of benzene rings is 1. The van der Waals surface area contributed by atoms with Gasteiger partial charge in [0, 0.05) is 45.3 Å². The lowest BCUT2D eigenvalue weighted by Crippen LogP contribution is -2.45. The second-order valence-corrected chi connectivity index (χ2v) is 8.40. The highest BCUT2D eigenvalue weighted by atomic mass is 127. The Morgan fingerprint density at radius 2 is 1.82 bits per heavy atom. The molecule has 1 fully saturated rings. The molecule has 1 aromatic carbocycles. The smallest absolute Gasteiger partial charge is 0.191 e. The van der Waals surface area contributed by atoms with Gasteiger partial charge in [0.15, 0.2) is 5.96 Å². The van der Waals surface area contributed by atoms with Crippen LogP contribution in [0.2, 0.25) is 0 Å². The van der Waals surface area contributed by atoms with Crippen molar-refractivity contribution in [3.63, 3.8) is 0 Å². The summed E-state index contributed by atoms with van der Waals surface area (Å²) in [6.45, 7) is 10.7.